The van der Waals surface area contributed by atoms with Crippen LogP contribution in [0, 0.1) is 0 Å². The van der Waals surface area contributed by atoms with E-state index in [9.17, 15) is 4.79 Å². The lowest BCUT2D eigenvalue weighted by Crippen LogP contribution is -2.20. The first-order chi connectivity index (χ1) is 10.3. The van der Waals surface area contributed by atoms with Crippen LogP contribution in [0.2, 0.25) is 0 Å². The molecule has 0 amide bonds. The van der Waals surface area contributed by atoms with E-state index >= 15 is 0 Å². The number of carbonyl (C=O) groups is 1. The van der Waals surface area contributed by atoms with Crippen molar-refractivity contribution in [3.8, 4) is 0 Å². The molecule has 1 unspecified atom stereocenters. The van der Waals surface area contributed by atoms with Crippen LogP contribution in [-0.2, 0) is 9.53 Å². The van der Waals surface area contributed by atoms with E-state index in [1.165, 1.54) is 7.11 Å². The lowest BCUT2D eigenvalue weighted by atomic mass is 9.98. The Hall–Kier alpha value is -2.55. The summed E-state index contributed by atoms with van der Waals surface area (Å²) in [6.07, 6.45) is 1.79. The molecule has 0 saturated carbocycles. The predicted molar refractivity (Wildman–Crippen MR) is 85.0 cm³/mol. The van der Waals surface area contributed by atoms with Gasteiger partial charge in [0.25, 0.3) is 0 Å². The summed E-state index contributed by atoms with van der Waals surface area (Å²) < 4.78 is 4.90. The average molecular weight is 281 g/mol. The molecule has 0 heterocycles. The van der Waals surface area contributed by atoms with Gasteiger partial charge in [0.2, 0.25) is 0 Å². The number of allylic oxidation sites excluding steroid dienone is 1. The van der Waals surface area contributed by atoms with E-state index < -0.39 is 0 Å². The number of nitrogens with one attached hydrogen (secondary N) is 1. The summed E-state index contributed by atoms with van der Waals surface area (Å²) in [5.41, 5.74) is 2.56. The Morgan fingerprint density at radius 1 is 1.05 bits per heavy atom. The molecule has 2 aromatic carbocycles. The Morgan fingerprint density at radius 3 is 2.14 bits per heavy atom. The zero-order chi connectivity index (χ0) is 15.1. The molecule has 2 aromatic rings. The second kappa shape index (κ2) is 7.29. The van der Waals surface area contributed by atoms with Crippen molar-refractivity contribution >= 4 is 11.7 Å². The van der Waals surface area contributed by atoms with Crippen molar-refractivity contribution in [3.63, 3.8) is 0 Å². The van der Waals surface area contributed by atoms with Crippen LogP contribution in [0.4, 0.5) is 5.69 Å². The van der Waals surface area contributed by atoms with E-state index in [0.717, 1.165) is 11.3 Å². The third-order valence-electron chi connectivity index (χ3n) is 3.26. The first kappa shape index (κ1) is 14.9. The van der Waals surface area contributed by atoms with Crippen molar-refractivity contribution in [2.24, 2.45) is 0 Å². The van der Waals surface area contributed by atoms with Crippen molar-refractivity contribution in [1.82, 2.24) is 0 Å². The number of hydrogen-bond donors (Lipinski definition) is 1. The second-order valence-corrected chi connectivity index (χ2v) is 4.59. The molecule has 0 bridgehead atoms. The van der Waals surface area contributed by atoms with Crippen molar-refractivity contribution < 1.29 is 9.53 Å². The van der Waals surface area contributed by atoms with Gasteiger partial charge in [-0.05, 0) is 24.6 Å². The Bertz CT molecular complexity index is 606. The number of esters is 1. The van der Waals surface area contributed by atoms with Gasteiger partial charge in [-0.1, -0.05) is 54.6 Å². The highest BCUT2D eigenvalue weighted by atomic mass is 16.5. The van der Waals surface area contributed by atoms with Crippen molar-refractivity contribution in [2.75, 3.05) is 12.4 Å². The fraction of sp³-hybridized carbons (Fsp3) is 0.167. The van der Waals surface area contributed by atoms with Crippen molar-refractivity contribution in [1.29, 1.82) is 0 Å². The zero-order valence-electron chi connectivity index (χ0n) is 12.2. The van der Waals surface area contributed by atoms with Crippen LogP contribution in [0.15, 0.2) is 72.3 Å². The number of para-hydroxylation sites is 1. The third-order valence-corrected chi connectivity index (χ3v) is 3.26. The third kappa shape index (κ3) is 3.72. The Morgan fingerprint density at radius 2 is 1.62 bits per heavy atom. The van der Waals surface area contributed by atoms with Crippen LogP contribution in [-0.4, -0.2) is 13.1 Å². The quantitative estimate of drug-likeness (QED) is 0.666. The first-order valence-corrected chi connectivity index (χ1v) is 6.87. The largest absolute Gasteiger partial charge is 0.466 e. The first-order valence-electron chi connectivity index (χ1n) is 6.87. The minimum absolute atomic E-state index is 0.244. The van der Waals surface area contributed by atoms with Gasteiger partial charge in [0.15, 0.2) is 0 Å². The molecule has 0 aliphatic heterocycles. The van der Waals surface area contributed by atoms with E-state index in [-0.39, 0.29) is 12.0 Å². The lowest BCUT2D eigenvalue weighted by molar-refractivity contribution is -0.136. The van der Waals surface area contributed by atoms with Crippen molar-refractivity contribution in [2.45, 2.75) is 13.0 Å². The van der Waals surface area contributed by atoms with Crippen LogP contribution < -0.4 is 5.32 Å². The van der Waals surface area contributed by atoms with Gasteiger partial charge in [-0.25, -0.2) is 4.79 Å². The highest BCUT2D eigenvalue weighted by Gasteiger charge is 2.22. The number of anilines is 1. The highest BCUT2D eigenvalue weighted by molar-refractivity contribution is 5.90. The Labute approximate surface area is 125 Å². The molecule has 0 aliphatic rings. The van der Waals surface area contributed by atoms with E-state index in [1.807, 2.05) is 67.6 Å². The van der Waals surface area contributed by atoms with E-state index in [0.29, 0.717) is 5.57 Å². The number of hydrogen-bond acceptors (Lipinski definition) is 3. The predicted octanol–water partition coefficient (Wildman–Crippen LogP) is 3.96. The number of ether oxygens (including phenoxy) is 1. The van der Waals surface area contributed by atoms with Gasteiger partial charge in [0, 0.05) is 5.69 Å². The van der Waals surface area contributed by atoms with Gasteiger partial charge >= 0.3 is 5.97 Å². The zero-order valence-corrected chi connectivity index (χ0v) is 12.2. The van der Waals surface area contributed by atoms with Gasteiger partial charge in [-0.15, -0.1) is 0 Å². The lowest BCUT2D eigenvalue weighted by Gasteiger charge is -2.22. The molecule has 0 fully saturated rings. The van der Waals surface area contributed by atoms with Crippen LogP contribution in [0.3, 0.4) is 0 Å². The summed E-state index contributed by atoms with van der Waals surface area (Å²) in [6.45, 7) is 1.84. The summed E-state index contributed by atoms with van der Waals surface area (Å²) in [5.74, 6) is -0.324. The Kier molecular flexibility index (Phi) is 5.16. The topological polar surface area (TPSA) is 38.3 Å². The van der Waals surface area contributed by atoms with Crippen LogP contribution in [0.25, 0.3) is 0 Å². The molecule has 2 rings (SSSR count). The molecule has 0 spiro atoms. The fourth-order valence-electron chi connectivity index (χ4n) is 2.21. The highest BCUT2D eigenvalue weighted by Crippen LogP contribution is 2.27. The molecule has 0 aromatic heterocycles. The molecule has 0 saturated heterocycles. The minimum Gasteiger partial charge on any atom is -0.466 e. The normalized spacial score (nSPS) is 12.6. The summed E-state index contributed by atoms with van der Waals surface area (Å²) in [4.78, 5) is 12.0. The van der Waals surface area contributed by atoms with Crippen LogP contribution >= 0.6 is 0 Å². The molecule has 0 aliphatic carbocycles. The fourth-order valence-corrected chi connectivity index (χ4v) is 2.21. The van der Waals surface area contributed by atoms with Crippen LogP contribution in [0.1, 0.15) is 18.5 Å². The molecular weight excluding hydrogens is 262 g/mol. The summed E-state index contributed by atoms with van der Waals surface area (Å²) in [5, 5.41) is 3.39. The average Bonchev–Trinajstić information content (AvgIpc) is 2.56. The maximum Gasteiger partial charge on any atom is 0.335 e. The number of benzene rings is 2. The van der Waals surface area contributed by atoms with E-state index in [2.05, 4.69) is 5.32 Å². The molecule has 1 atom stereocenters. The number of rotatable bonds is 5. The van der Waals surface area contributed by atoms with Gasteiger partial charge in [-0.3, -0.25) is 0 Å². The van der Waals surface area contributed by atoms with Gasteiger partial charge in [-0.2, -0.15) is 0 Å². The minimum atomic E-state index is -0.324. The molecule has 3 heteroatoms. The molecule has 1 N–H and O–H groups in total. The summed E-state index contributed by atoms with van der Waals surface area (Å²) in [7, 11) is 1.40. The molecule has 108 valence electrons. The number of methoxy groups -OCH3 is 1. The molecule has 0 radical (unpaired) electrons. The standard InChI is InChI=1S/C18H19NO2/c1-3-16(18(20)21-2)17(14-10-6-4-7-11-14)19-15-12-8-5-9-13-15/h3-13,17,19H,1-2H3/b16-3-. The maximum absolute atomic E-state index is 12.0. The van der Waals surface area contributed by atoms with Crippen LogP contribution in [0.5, 0.6) is 0 Å². The van der Waals surface area contributed by atoms with Gasteiger partial charge in [0.05, 0.1) is 18.7 Å². The summed E-state index contributed by atoms with van der Waals surface area (Å²) in [6, 6.07) is 19.4. The summed E-state index contributed by atoms with van der Waals surface area (Å²) >= 11 is 0. The SMILES string of the molecule is C/C=C(\C(=O)OC)C(Nc1ccccc1)c1ccccc1. The molecule has 21 heavy (non-hydrogen) atoms. The maximum atomic E-state index is 12.0. The monoisotopic (exact) mass is 281 g/mol. The van der Waals surface area contributed by atoms with Gasteiger partial charge in [0.1, 0.15) is 0 Å². The van der Waals surface area contributed by atoms with Crippen molar-refractivity contribution in [3.05, 3.63) is 77.9 Å². The van der Waals surface area contributed by atoms with E-state index in [4.69, 9.17) is 4.74 Å². The molecule has 3 nitrogen and oxygen atoms in total. The van der Waals surface area contributed by atoms with E-state index in [1.54, 1.807) is 6.08 Å². The Balaban J connectivity index is 2.37. The molecular formula is C18H19NO2. The van der Waals surface area contributed by atoms with Gasteiger partial charge < -0.3 is 10.1 Å². The second-order valence-electron chi connectivity index (χ2n) is 4.59. The number of carbonyl (C=O) groups excluding carboxylic acids is 1. The smallest absolute Gasteiger partial charge is 0.335 e.